The lowest BCUT2D eigenvalue weighted by molar-refractivity contribution is -0.274. The van der Waals surface area contributed by atoms with E-state index in [-0.39, 0.29) is 12.0 Å². The van der Waals surface area contributed by atoms with Crippen molar-refractivity contribution in [2.24, 2.45) is 5.92 Å². The number of carbonyl (C=O) groups is 1. The van der Waals surface area contributed by atoms with Gasteiger partial charge in [0.2, 0.25) is 5.91 Å². The maximum absolute atomic E-state index is 12.3. The molecule has 0 bridgehead atoms. The number of amides is 1. The van der Waals surface area contributed by atoms with Crippen molar-refractivity contribution in [1.82, 2.24) is 5.32 Å². The number of nitrogens with one attached hydrogen (secondary N) is 1. The number of hydrogen-bond acceptors (Lipinski definition) is 9. The zero-order valence-electron chi connectivity index (χ0n) is 14.6. The van der Waals surface area contributed by atoms with E-state index in [9.17, 15) is 35.4 Å². The number of hydrogen-bond donors (Lipinski definition) is 7. The highest BCUT2D eigenvalue weighted by Crippen LogP contribution is 2.29. The van der Waals surface area contributed by atoms with Gasteiger partial charge >= 0.3 is 0 Å². The molecule has 9 atom stereocenters. The van der Waals surface area contributed by atoms with Crippen LogP contribution in [0.25, 0.3) is 0 Å². The molecule has 1 aliphatic carbocycles. The van der Waals surface area contributed by atoms with Crippen LogP contribution in [0.1, 0.15) is 13.3 Å². The van der Waals surface area contributed by atoms with E-state index in [1.807, 2.05) is 0 Å². The van der Waals surface area contributed by atoms with Crippen LogP contribution < -0.4 is 5.32 Å². The summed E-state index contributed by atoms with van der Waals surface area (Å²) in [7, 11) is 1.33. The number of carbonyl (C=O) groups excluding carboxylic acids is 1. The number of rotatable bonds is 5. The minimum Gasteiger partial charge on any atom is -0.392 e. The van der Waals surface area contributed by atoms with Crippen LogP contribution >= 0.6 is 0 Å². The number of aliphatic hydroxyl groups is 6. The molecule has 0 aromatic heterocycles. The van der Waals surface area contributed by atoms with Gasteiger partial charge in [0, 0.05) is 19.4 Å². The van der Waals surface area contributed by atoms with Crippen LogP contribution in [0.5, 0.6) is 0 Å². The molecule has 10 heteroatoms. The molecule has 1 fully saturated rings. The molecule has 2 rings (SSSR count). The molecule has 150 valence electrons. The summed E-state index contributed by atoms with van der Waals surface area (Å²) >= 11 is 0. The standard InChI is InChI=1S/C16H27NO9/c1-6-8(12(21)15(24)16(25-2)26-6)4-10(19)17-9-3-7(5-18)11(20)14(23)13(9)22/h3,6,8-9,11-16,18,20-24H,4-5H2,1-2H3,(H,17,19). The van der Waals surface area contributed by atoms with E-state index in [4.69, 9.17) is 9.47 Å². The van der Waals surface area contributed by atoms with Gasteiger partial charge in [-0.2, -0.15) is 0 Å². The largest absolute Gasteiger partial charge is 0.392 e. The molecule has 26 heavy (non-hydrogen) atoms. The average molecular weight is 377 g/mol. The van der Waals surface area contributed by atoms with Gasteiger partial charge in [0.25, 0.3) is 0 Å². The zero-order valence-corrected chi connectivity index (χ0v) is 14.6. The zero-order chi connectivity index (χ0) is 19.6. The molecule has 1 saturated heterocycles. The van der Waals surface area contributed by atoms with Gasteiger partial charge in [0.15, 0.2) is 6.29 Å². The van der Waals surface area contributed by atoms with Gasteiger partial charge in [-0.25, -0.2) is 0 Å². The predicted molar refractivity (Wildman–Crippen MR) is 86.6 cm³/mol. The Morgan fingerprint density at radius 2 is 1.81 bits per heavy atom. The number of methoxy groups -OCH3 is 1. The van der Waals surface area contributed by atoms with E-state index in [0.717, 1.165) is 0 Å². The lowest BCUT2D eigenvalue weighted by Gasteiger charge is -2.41. The maximum atomic E-state index is 12.3. The summed E-state index contributed by atoms with van der Waals surface area (Å²) in [4.78, 5) is 12.3. The van der Waals surface area contributed by atoms with Crippen LogP contribution in [0, 0.1) is 5.92 Å². The summed E-state index contributed by atoms with van der Waals surface area (Å²) in [6.07, 6.45) is -7.49. The van der Waals surface area contributed by atoms with Gasteiger partial charge < -0.3 is 45.4 Å². The fourth-order valence-electron chi connectivity index (χ4n) is 3.35. The molecule has 0 saturated carbocycles. The third-order valence-electron chi connectivity index (χ3n) is 5.00. The molecule has 0 aromatic carbocycles. The van der Waals surface area contributed by atoms with Gasteiger partial charge in [-0.05, 0) is 12.5 Å². The maximum Gasteiger partial charge on any atom is 0.221 e. The molecule has 1 aliphatic heterocycles. The second-order valence-electron chi connectivity index (χ2n) is 6.71. The number of ether oxygens (including phenoxy) is 2. The van der Waals surface area contributed by atoms with Gasteiger partial charge in [-0.15, -0.1) is 0 Å². The summed E-state index contributed by atoms with van der Waals surface area (Å²) < 4.78 is 10.4. The van der Waals surface area contributed by atoms with Crippen LogP contribution in [-0.2, 0) is 14.3 Å². The van der Waals surface area contributed by atoms with Crippen molar-refractivity contribution in [2.45, 2.75) is 62.3 Å². The molecule has 9 unspecified atom stereocenters. The first kappa shape index (κ1) is 21.2. The molecule has 0 aromatic rings. The highest BCUT2D eigenvalue weighted by atomic mass is 16.7. The Labute approximate surface area is 150 Å². The van der Waals surface area contributed by atoms with Crippen molar-refractivity contribution >= 4 is 5.91 Å². The fraction of sp³-hybridized carbons (Fsp3) is 0.812. The van der Waals surface area contributed by atoms with Gasteiger partial charge in [-0.1, -0.05) is 6.08 Å². The van der Waals surface area contributed by atoms with Crippen molar-refractivity contribution in [3.8, 4) is 0 Å². The van der Waals surface area contributed by atoms with E-state index < -0.39 is 67.4 Å². The first-order valence-corrected chi connectivity index (χ1v) is 8.40. The summed E-state index contributed by atoms with van der Waals surface area (Å²) in [5.41, 5.74) is 0.0841. The van der Waals surface area contributed by atoms with E-state index in [1.54, 1.807) is 6.92 Å². The van der Waals surface area contributed by atoms with Crippen molar-refractivity contribution in [2.75, 3.05) is 13.7 Å². The monoisotopic (exact) mass is 377 g/mol. The third-order valence-corrected chi connectivity index (χ3v) is 5.00. The Balaban J connectivity index is 2.03. The summed E-state index contributed by atoms with van der Waals surface area (Å²) in [5, 5.41) is 61.4. The van der Waals surface area contributed by atoms with Crippen LogP contribution in [0.2, 0.25) is 0 Å². The lowest BCUT2D eigenvalue weighted by Crippen LogP contribution is -2.57. The molecular weight excluding hydrogens is 350 g/mol. The van der Waals surface area contributed by atoms with Crippen LogP contribution in [0.3, 0.4) is 0 Å². The third kappa shape index (κ3) is 4.24. The van der Waals surface area contributed by atoms with Gasteiger partial charge in [0.05, 0.1) is 24.9 Å². The molecule has 1 heterocycles. The van der Waals surface area contributed by atoms with Gasteiger partial charge in [0.1, 0.15) is 24.4 Å². The van der Waals surface area contributed by atoms with E-state index in [2.05, 4.69) is 5.32 Å². The van der Waals surface area contributed by atoms with Crippen LogP contribution in [0.15, 0.2) is 11.6 Å². The quantitative estimate of drug-likeness (QED) is 0.241. The summed E-state index contributed by atoms with van der Waals surface area (Å²) in [6.45, 7) is 1.10. The molecule has 0 spiro atoms. The highest BCUT2D eigenvalue weighted by Gasteiger charge is 2.44. The SMILES string of the molecule is COC1OC(C)C(CC(=O)NC2C=C(CO)C(O)C(O)C2O)C(O)C1O. The second kappa shape index (κ2) is 8.72. The minimum absolute atomic E-state index is 0.0841. The van der Waals surface area contributed by atoms with Crippen molar-refractivity contribution in [3.05, 3.63) is 11.6 Å². The second-order valence-corrected chi connectivity index (χ2v) is 6.71. The highest BCUT2D eigenvalue weighted by molar-refractivity contribution is 5.77. The Morgan fingerprint density at radius 1 is 1.15 bits per heavy atom. The molecule has 10 nitrogen and oxygen atoms in total. The number of aliphatic hydroxyl groups excluding tert-OH is 6. The molecule has 7 N–H and O–H groups in total. The van der Waals surface area contributed by atoms with Crippen LogP contribution in [0.4, 0.5) is 0 Å². The molecule has 1 amide bonds. The summed E-state index contributed by atoms with van der Waals surface area (Å²) in [6, 6.07) is -1.02. The Kier molecular flexibility index (Phi) is 7.11. The van der Waals surface area contributed by atoms with Crippen molar-refractivity contribution in [3.63, 3.8) is 0 Å². The van der Waals surface area contributed by atoms with E-state index in [1.165, 1.54) is 13.2 Å². The van der Waals surface area contributed by atoms with Crippen molar-refractivity contribution in [1.29, 1.82) is 0 Å². The molecule has 0 radical (unpaired) electrons. The Hall–Kier alpha value is -1.11. The van der Waals surface area contributed by atoms with E-state index >= 15 is 0 Å². The van der Waals surface area contributed by atoms with E-state index in [0.29, 0.717) is 0 Å². The normalized spacial score (nSPS) is 43.7. The predicted octanol–water partition coefficient (Wildman–Crippen LogP) is -3.39. The minimum atomic E-state index is -1.56. The first-order chi connectivity index (χ1) is 12.2. The average Bonchev–Trinajstić information content (AvgIpc) is 2.62. The van der Waals surface area contributed by atoms with Crippen LogP contribution in [-0.4, -0.2) is 99.2 Å². The smallest absolute Gasteiger partial charge is 0.221 e. The topological polar surface area (TPSA) is 169 Å². The summed E-state index contributed by atoms with van der Waals surface area (Å²) in [5.74, 6) is -1.28. The molecular formula is C16H27NO9. The Morgan fingerprint density at radius 3 is 2.38 bits per heavy atom. The fourth-order valence-corrected chi connectivity index (χ4v) is 3.35. The molecule has 2 aliphatic rings. The Bertz CT molecular complexity index is 528. The van der Waals surface area contributed by atoms with Gasteiger partial charge in [-0.3, -0.25) is 4.79 Å². The lowest BCUT2D eigenvalue weighted by atomic mass is 9.85. The van der Waals surface area contributed by atoms with Crippen molar-refractivity contribution < 1.29 is 44.9 Å². The first-order valence-electron chi connectivity index (χ1n) is 8.40.